The SMILES string of the molecule is COc1nc(OC)nc(-[n+]2cccc([O-])c2)n1. The van der Waals surface area contributed by atoms with Crippen molar-refractivity contribution in [3.63, 3.8) is 0 Å². The van der Waals surface area contributed by atoms with Crippen molar-refractivity contribution in [1.29, 1.82) is 0 Å². The van der Waals surface area contributed by atoms with Gasteiger partial charge in [0.15, 0.2) is 0 Å². The van der Waals surface area contributed by atoms with Crippen LogP contribution in [0.1, 0.15) is 0 Å². The summed E-state index contributed by atoms with van der Waals surface area (Å²) in [5.74, 6) is 0.109. The first kappa shape index (κ1) is 11.1. The molecule has 0 saturated heterocycles. The van der Waals surface area contributed by atoms with Crippen LogP contribution in [0.15, 0.2) is 24.5 Å². The molecule has 7 heteroatoms. The monoisotopic (exact) mass is 234 g/mol. The molecule has 0 radical (unpaired) electrons. The zero-order chi connectivity index (χ0) is 12.3. The molecule has 88 valence electrons. The molecule has 2 rings (SSSR count). The molecular formula is C10H10N4O3. The Labute approximate surface area is 97.3 Å². The molecule has 0 atom stereocenters. The maximum absolute atomic E-state index is 11.2. The van der Waals surface area contributed by atoms with Gasteiger partial charge in [-0.15, -0.1) is 4.98 Å². The summed E-state index contributed by atoms with van der Waals surface area (Å²) in [5, 5.41) is 11.2. The smallest absolute Gasteiger partial charge is 0.447 e. The normalized spacial score (nSPS) is 10.0. The molecule has 7 nitrogen and oxygen atoms in total. The van der Waals surface area contributed by atoms with Crippen molar-refractivity contribution >= 4 is 0 Å². The predicted octanol–water partition coefficient (Wildman–Crippen LogP) is -0.761. The summed E-state index contributed by atoms with van der Waals surface area (Å²) in [4.78, 5) is 11.9. The van der Waals surface area contributed by atoms with Crippen LogP contribution in [0.2, 0.25) is 0 Å². The maximum atomic E-state index is 11.2. The summed E-state index contributed by atoms with van der Waals surface area (Å²) >= 11 is 0. The van der Waals surface area contributed by atoms with Gasteiger partial charge in [0.2, 0.25) is 0 Å². The van der Waals surface area contributed by atoms with Crippen molar-refractivity contribution in [3.8, 4) is 23.7 Å². The predicted molar refractivity (Wildman–Crippen MR) is 53.9 cm³/mol. The zero-order valence-electron chi connectivity index (χ0n) is 9.32. The Balaban J connectivity index is 2.50. The van der Waals surface area contributed by atoms with Crippen LogP contribution < -0.4 is 19.1 Å². The van der Waals surface area contributed by atoms with E-state index < -0.39 is 0 Å². The van der Waals surface area contributed by atoms with E-state index >= 15 is 0 Å². The van der Waals surface area contributed by atoms with Gasteiger partial charge in [0, 0.05) is 0 Å². The van der Waals surface area contributed by atoms with Crippen LogP contribution in [0, 0.1) is 0 Å². The van der Waals surface area contributed by atoms with Crippen molar-refractivity contribution in [3.05, 3.63) is 24.5 Å². The van der Waals surface area contributed by atoms with Gasteiger partial charge in [-0.2, -0.15) is 0 Å². The second kappa shape index (κ2) is 4.60. The molecule has 2 aromatic heterocycles. The van der Waals surface area contributed by atoms with Gasteiger partial charge in [0.05, 0.1) is 26.6 Å². The molecule has 0 amide bonds. The third-order valence-electron chi connectivity index (χ3n) is 1.95. The topological polar surface area (TPSA) is 84.1 Å². The van der Waals surface area contributed by atoms with Gasteiger partial charge in [-0.25, -0.2) is 4.57 Å². The number of rotatable bonds is 3. The Morgan fingerprint density at radius 1 is 1.12 bits per heavy atom. The third kappa shape index (κ3) is 2.39. The van der Waals surface area contributed by atoms with Crippen LogP contribution in [-0.2, 0) is 0 Å². The Bertz CT molecular complexity index is 510. The largest absolute Gasteiger partial charge is 0.871 e. The minimum atomic E-state index is -0.147. The Hall–Kier alpha value is -2.44. The Morgan fingerprint density at radius 3 is 2.29 bits per heavy atom. The van der Waals surface area contributed by atoms with Crippen LogP contribution in [0.3, 0.4) is 0 Å². The van der Waals surface area contributed by atoms with E-state index in [0.717, 1.165) is 0 Å². The van der Waals surface area contributed by atoms with Crippen molar-refractivity contribution < 1.29 is 19.1 Å². The van der Waals surface area contributed by atoms with E-state index in [1.807, 2.05) is 0 Å². The molecule has 0 N–H and O–H groups in total. The average Bonchev–Trinajstić information content (AvgIpc) is 2.38. The quantitative estimate of drug-likeness (QED) is 0.649. The second-order valence-electron chi connectivity index (χ2n) is 3.06. The van der Waals surface area contributed by atoms with Crippen molar-refractivity contribution in [2.24, 2.45) is 0 Å². The van der Waals surface area contributed by atoms with Crippen LogP contribution in [0.5, 0.6) is 17.8 Å². The summed E-state index contributed by atoms with van der Waals surface area (Å²) in [5.41, 5.74) is 0. The van der Waals surface area contributed by atoms with E-state index in [1.54, 1.807) is 12.3 Å². The third-order valence-corrected chi connectivity index (χ3v) is 1.95. The maximum Gasteiger partial charge on any atom is 0.447 e. The lowest BCUT2D eigenvalue weighted by molar-refractivity contribution is -0.607. The van der Waals surface area contributed by atoms with Crippen LogP contribution >= 0.6 is 0 Å². The molecule has 2 heterocycles. The van der Waals surface area contributed by atoms with Crippen LogP contribution in [0.25, 0.3) is 5.95 Å². The Morgan fingerprint density at radius 2 is 1.76 bits per heavy atom. The number of aromatic nitrogens is 4. The lowest BCUT2D eigenvalue weighted by atomic mass is 10.4. The molecule has 0 unspecified atom stereocenters. The molecule has 0 saturated carbocycles. The standard InChI is InChI=1S/C10H10N4O3/c1-16-9-11-8(12-10(13-9)17-2)14-5-3-4-7(15)6-14/h3-6H,1-2H3. The highest BCUT2D eigenvalue weighted by Crippen LogP contribution is 2.09. The highest BCUT2D eigenvalue weighted by atomic mass is 16.5. The molecular weight excluding hydrogens is 224 g/mol. The van der Waals surface area contributed by atoms with E-state index in [1.165, 1.54) is 31.0 Å². The van der Waals surface area contributed by atoms with Gasteiger partial charge in [0.25, 0.3) is 0 Å². The molecule has 0 aliphatic heterocycles. The highest BCUT2D eigenvalue weighted by Gasteiger charge is 2.18. The van der Waals surface area contributed by atoms with Gasteiger partial charge < -0.3 is 14.6 Å². The first-order chi connectivity index (χ1) is 8.22. The first-order valence-corrected chi connectivity index (χ1v) is 4.75. The summed E-state index contributed by atoms with van der Waals surface area (Å²) in [7, 11) is 2.88. The second-order valence-corrected chi connectivity index (χ2v) is 3.06. The molecule has 0 aromatic carbocycles. The number of methoxy groups -OCH3 is 2. The van der Waals surface area contributed by atoms with Crippen molar-refractivity contribution in [1.82, 2.24) is 15.0 Å². The number of pyridine rings is 1. The van der Waals surface area contributed by atoms with Gasteiger partial charge in [0.1, 0.15) is 0 Å². The number of nitrogens with zero attached hydrogens (tertiary/aromatic N) is 4. The minimum Gasteiger partial charge on any atom is -0.871 e. The fourth-order valence-electron chi connectivity index (χ4n) is 1.20. The van der Waals surface area contributed by atoms with E-state index in [4.69, 9.17) is 9.47 Å². The zero-order valence-corrected chi connectivity index (χ0v) is 9.32. The lowest BCUT2D eigenvalue weighted by Gasteiger charge is -2.04. The van der Waals surface area contributed by atoms with Gasteiger partial charge in [-0.05, 0) is 16.0 Å². The fraction of sp³-hybridized carbons (Fsp3) is 0.200. The fourth-order valence-corrected chi connectivity index (χ4v) is 1.20. The molecule has 2 aromatic rings. The molecule has 0 bridgehead atoms. The number of hydrogen-bond donors (Lipinski definition) is 0. The van der Waals surface area contributed by atoms with Gasteiger partial charge >= 0.3 is 18.0 Å². The molecule has 0 fully saturated rings. The minimum absolute atomic E-state index is 0.121. The average molecular weight is 234 g/mol. The van der Waals surface area contributed by atoms with E-state index in [2.05, 4.69) is 15.0 Å². The highest BCUT2D eigenvalue weighted by molar-refractivity contribution is 5.12. The van der Waals surface area contributed by atoms with Crippen LogP contribution in [-0.4, -0.2) is 29.2 Å². The van der Waals surface area contributed by atoms with E-state index in [0.29, 0.717) is 0 Å². The van der Waals surface area contributed by atoms with Gasteiger partial charge in [-0.1, -0.05) is 11.8 Å². The van der Waals surface area contributed by atoms with Crippen LogP contribution in [0.4, 0.5) is 0 Å². The van der Waals surface area contributed by atoms with E-state index in [9.17, 15) is 5.11 Å². The van der Waals surface area contributed by atoms with Gasteiger partial charge in [-0.3, -0.25) is 0 Å². The summed E-state index contributed by atoms with van der Waals surface area (Å²) in [6.45, 7) is 0. The Kier molecular flexibility index (Phi) is 2.99. The molecule has 0 aliphatic carbocycles. The molecule has 0 spiro atoms. The summed E-state index contributed by atoms with van der Waals surface area (Å²) in [6.07, 6.45) is 3.00. The van der Waals surface area contributed by atoms with Crippen molar-refractivity contribution in [2.75, 3.05) is 14.2 Å². The van der Waals surface area contributed by atoms with E-state index in [-0.39, 0.29) is 23.7 Å². The summed E-state index contributed by atoms with van der Waals surface area (Å²) in [6, 6.07) is 3.28. The number of hydrogen-bond acceptors (Lipinski definition) is 6. The molecule has 0 aliphatic rings. The number of ether oxygens (including phenoxy) is 2. The first-order valence-electron chi connectivity index (χ1n) is 4.75. The summed E-state index contributed by atoms with van der Waals surface area (Å²) < 4.78 is 11.3. The lowest BCUT2D eigenvalue weighted by Crippen LogP contribution is -2.33. The van der Waals surface area contributed by atoms with Crippen molar-refractivity contribution in [2.45, 2.75) is 0 Å². The molecule has 17 heavy (non-hydrogen) atoms.